The minimum Gasteiger partial charge on any atom is -0.481 e. The zero-order valence-electron chi connectivity index (χ0n) is 10.5. The number of fused-ring (bicyclic) bond motifs is 1. The molecule has 0 bridgehead atoms. The topological polar surface area (TPSA) is 93.3 Å². The summed E-state index contributed by atoms with van der Waals surface area (Å²) in [6.45, 7) is 1.69. The van der Waals surface area contributed by atoms with Crippen LogP contribution >= 0.6 is 15.9 Å². The van der Waals surface area contributed by atoms with Gasteiger partial charge < -0.3 is 5.11 Å². The largest absolute Gasteiger partial charge is 0.481 e. The molecule has 0 fully saturated rings. The number of hydrogen-bond acceptors (Lipinski definition) is 4. The molecule has 0 spiro atoms. The molecule has 0 aliphatic heterocycles. The van der Waals surface area contributed by atoms with Crippen LogP contribution in [-0.4, -0.2) is 21.0 Å². The van der Waals surface area contributed by atoms with Gasteiger partial charge in [-0.15, -0.1) is 0 Å². The molecule has 7 heteroatoms. The molecule has 0 aliphatic carbocycles. The molecule has 20 heavy (non-hydrogen) atoms. The molecule has 0 radical (unpaired) electrons. The number of aliphatic carboxylic acids is 1. The van der Waals surface area contributed by atoms with Gasteiger partial charge in [-0.05, 0) is 24.6 Å². The Bertz CT molecular complexity index is 702. The summed E-state index contributed by atoms with van der Waals surface area (Å²) in [5.74, 6) is -2.02. The van der Waals surface area contributed by atoms with Crippen molar-refractivity contribution in [1.82, 2.24) is 4.98 Å². The van der Waals surface area contributed by atoms with E-state index in [1.807, 2.05) is 0 Å². The Morgan fingerprint density at radius 2 is 2.25 bits per heavy atom. The van der Waals surface area contributed by atoms with Crippen molar-refractivity contribution in [3.05, 3.63) is 44.5 Å². The van der Waals surface area contributed by atoms with Crippen LogP contribution in [0.5, 0.6) is 0 Å². The first-order chi connectivity index (χ1) is 9.45. The molecule has 2 rings (SSSR count). The standard InChI is InChI=1S/C13H11BrN2O4/c1-2-8(13(17)18)12-9-5-7(14)3-4-10(9)15-6-11(12)16(19)20/h3-6,8H,2H2,1H3,(H,17,18). The number of carboxylic acids is 1. The lowest BCUT2D eigenvalue weighted by atomic mass is 9.92. The Morgan fingerprint density at radius 1 is 1.55 bits per heavy atom. The Hall–Kier alpha value is -2.02. The average molecular weight is 339 g/mol. The van der Waals surface area contributed by atoms with Crippen molar-refractivity contribution in [3.8, 4) is 0 Å². The van der Waals surface area contributed by atoms with Gasteiger partial charge in [0.05, 0.1) is 21.9 Å². The Morgan fingerprint density at radius 3 is 2.80 bits per heavy atom. The quantitative estimate of drug-likeness (QED) is 0.680. The van der Waals surface area contributed by atoms with Gasteiger partial charge in [0.25, 0.3) is 5.69 Å². The second-order valence-corrected chi connectivity index (χ2v) is 5.19. The fourth-order valence-electron chi connectivity index (χ4n) is 2.19. The lowest BCUT2D eigenvalue weighted by molar-refractivity contribution is -0.385. The molecule has 2 aromatic rings. The Kier molecular flexibility index (Phi) is 3.99. The fourth-order valence-corrected chi connectivity index (χ4v) is 2.55. The molecular formula is C13H11BrN2O4. The number of aromatic nitrogens is 1. The summed E-state index contributed by atoms with van der Waals surface area (Å²) in [4.78, 5) is 26.0. The maximum absolute atomic E-state index is 11.4. The third-order valence-electron chi connectivity index (χ3n) is 3.10. The number of nitrogens with zero attached hydrogens (tertiary/aromatic N) is 2. The predicted molar refractivity (Wildman–Crippen MR) is 76.8 cm³/mol. The summed E-state index contributed by atoms with van der Waals surface area (Å²) < 4.78 is 0.716. The van der Waals surface area contributed by atoms with Gasteiger partial charge >= 0.3 is 5.97 Å². The van der Waals surface area contributed by atoms with Crippen LogP contribution in [-0.2, 0) is 4.79 Å². The second-order valence-electron chi connectivity index (χ2n) is 4.27. The highest BCUT2D eigenvalue weighted by atomic mass is 79.9. The predicted octanol–water partition coefficient (Wildman–Crippen LogP) is 3.48. The van der Waals surface area contributed by atoms with E-state index in [1.54, 1.807) is 25.1 Å². The number of hydrogen-bond donors (Lipinski definition) is 1. The lowest BCUT2D eigenvalue weighted by Gasteiger charge is -2.13. The van der Waals surface area contributed by atoms with E-state index in [9.17, 15) is 20.0 Å². The minimum atomic E-state index is -1.08. The maximum atomic E-state index is 11.4. The third kappa shape index (κ3) is 2.49. The molecule has 6 nitrogen and oxygen atoms in total. The molecule has 1 aromatic carbocycles. The molecule has 104 valence electrons. The van der Waals surface area contributed by atoms with Crippen molar-refractivity contribution in [2.24, 2.45) is 0 Å². The van der Waals surface area contributed by atoms with Gasteiger partial charge in [-0.2, -0.15) is 0 Å². The average Bonchev–Trinajstić information content (AvgIpc) is 2.39. The molecule has 1 atom stereocenters. The zero-order chi connectivity index (χ0) is 14.9. The molecule has 1 heterocycles. The molecule has 0 aliphatic rings. The van der Waals surface area contributed by atoms with Crippen LogP contribution in [0.25, 0.3) is 10.9 Å². The first-order valence-corrected chi connectivity index (χ1v) is 6.70. The number of halogens is 1. The van der Waals surface area contributed by atoms with Crippen LogP contribution in [0.4, 0.5) is 5.69 Å². The van der Waals surface area contributed by atoms with Crippen molar-refractivity contribution < 1.29 is 14.8 Å². The fraction of sp³-hybridized carbons (Fsp3) is 0.231. The first-order valence-electron chi connectivity index (χ1n) is 5.91. The molecule has 0 amide bonds. The first kappa shape index (κ1) is 14.4. The van der Waals surface area contributed by atoms with Crippen molar-refractivity contribution in [3.63, 3.8) is 0 Å². The van der Waals surface area contributed by atoms with Gasteiger partial charge in [-0.25, -0.2) is 4.98 Å². The van der Waals surface area contributed by atoms with Gasteiger partial charge in [-0.3, -0.25) is 14.9 Å². The van der Waals surface area contributed by atoms with E-state index in [2.05, 4.69) is 20.9 Å². The highest BCUT2D eigenvalue weighted by molar-refractivity contribution is 9.10. The van der Waals surface area contributed by atoms with E-state index in [1.165, 1.54) is 0 Å². The van der Waals surface area contributed by atoms with Crippen LogP contribution in [0.2, 0.25) is 0 Å². The van der Waals surface area contributed by atoms with Crippen molar-refractivity contribution >= 4 is 38.5 Å². The van der Waals surface area contributed by atoms with Gasteiger partial charge in [-0.1, -0.05) is 22.9 Å². The summed E-state index contributed by atoms with van der Waals surface area (Å²) in [5.41, 5.74) is 0.481. The van der Waals surface area contributed by atoms with E-state index in [0.29, 0.717) is 15.4 Å². The molecule has 0 saturated carbocycles. The van der Waals surface area contributed by atoms with E-state index >= 15 is 0 Å². The van der Waals surface area contributed by atoms with Crippen LogP contribution < -0.4 is 0 Å². The van der Waals surface area contributed by atoms with Crippen molar-refractivity contribution in [1.29, 1.82) is 0 Å². The monoisotopic (exact) mass is 338 g/mol. The van der Waals surface area contributed by atoms with Gasteiger partial charge in [0, 0.05) is 9.86 Å². The van der Waals surface area contributed by atoms with Crippen molar-refractivity contribution in [2.45, 2.75) is 19.3 Å². The number of nitro groups is 1. The van der Waals surface area contributed by atoms with Crippen LogP contribution in [0.1, 0.15) is 24.8 Å². The maximum Gasteiger partial charge on any atom is 0.311 e. The van der Waals surface area contributed by atoms with E-state index < -0.39 is 16.8 Å². The Labute approximate surface area is 122 Å². The summed E-state index contributed by atoms with van der Waals surface area (Å²) in [6, 6.07) is 5.12. The summed E-state index contributed by atoms with van der Waals surface area (Å²) >= 11 is 3.29. The van der Waals surface area contributed by atoms with Gasteiger partial charge in [0.1, 0.15) is 6.20 Å². The molecule has 1 aromatic heterocycles. The van der Waals surface area contributed by atoms with E-state index in [4.69, 9.17) is 0 Å². The number of pyridine rings is 1. The van der Waals surface area contributed by atoms with E-state index in [0.717, 1.165) is 6.20 Å². The van der Waals surface area contributed by atoms with Crippen LogP contribution in [0, 0.1) is 10.1 Å². The lowest BCUT2D eigenvalue weighted by Crippen LogP contribution is -2.13. The molecule has 1 N–H and O–H groups in total. The number of carbonyl (C=O) groups is 1. The van der Waals surface area contributed by atoms with Crippen LogP contribution in [0.3, 0.4) is 0 Å². The summed E-state index contributed by atoms with van der Waals surface area (Å²) in [5, 5.41) is 20.9. The van der Waals surface area contributed by atoms with Crippen molar-refractivity contribution in [2.75, 3.05) is 0 Å². The molecule has 1 unspecified atom stereocenters. The molecular weight excluding hydrogens is 328 g/mol. The van der Waals surface area contributed by atoms with Gasteiger partial charge in [0.2, 0.25) is 0 Å². The van der Waals surface area contributed by atoms with Crippen LogP contribution in [0.15, 0.2) is 28.9 Å². The van der Waals surface area contributed by atoms with Gasteiger partial charge in [0.15, 0.2) is 0 Å². The summed E-state index contributed by atoms with van der Waals surface area (Å²) in [6.07, 6.45) is 1.39. The number of benzene rings is 1. The third-order valence-corrected chi connectivity index (χ3v) is 3.60. The smallest absolute Gasteiger partial charge is 0.311 e. The number of carboxylic acid groups (broad SMARTS) is 1. The molecule has 0 saturated heterocycles. The zero-order valence-corrected chi connectivity index (χ0v) is 12.1. The second kappa shape index (κ2) is 5.54. The Balaban J connectivity index is 2.87. The minimum absolute atomic E-state index is 0.205. The highest BCUT2D eigenvalue weighted by Crippen LogP contribution is 2.35. The SMILES string of the molecule is CCC(C(=O)O)c1c([N+](=O)[O-])cnc2ccc(Br)cc12. The van der Waals surface area contributed by atoms with E-state index in [-0.39, 0.29) is 17.7 Å². The summed E-state index contributed by atoms with van der Waals surface area (Å²) in [7, 11) is 0. The number of rotatable bonds is 4. The highest BCUT2D eigenvalue weighted by Gasteiger charge is 2.29. The normalized spacial score (nSPS) is 12.3.